The highest BCUT2D eigenvalue weighted by atomic mass is 32.2. The Morgan fingerprint density at radius 1 is 1.03 bits per heavy atom. The van der Waals surface area contributed by atoms with Crippen molar-refractivity contribution in [1.29, 1.82) is 5.26 Å². The molecule has 0 saturated carbocycles. The predicted molar refractivity (Wildman–Crippen MR) is 110 cm³/mol. The zero-order chi connectivity index (χ0) is 20.1. The number of allylic oxidation sites excluding steroid dienone is 1. The Balaban J connectivity index is 1.62. The Hall–Kier alpha value is -3.50. The molecule has 2 aliphatic rings. The van der Waals surface area contributed by atoms with Gasteiger partial charge >= 0.3 is 0 Å². The van der Waals surface area contributed by atoms with Crippen molar-refractivity contribution >= 4 is 40.0 Å². The third-order valence-corrected chi connectivity index (χ3v) is 6.67. The molecule has 3 aromatic rings. The van der Waals surface area contributed by atoms with Crippen molar-refractivity contribution in [3.05, 3.63) is 77.2 Å². The smallest absolute Gasteiger partial charge is 0.248 e. The lowest BCUT2D eigenvalue weighted by Crippen LogP contribution is -2.33. The third-order valence-electron chi connectivity index (χ3n) is 5.45. The molecule has 3 atom stereocenters. The number of furan rings is 1. The highest BCUT2D eigenvalue weighted by Crippen LogP contribution is 2.50. The molecule has 0 radical (unpaired) electrons. The van der Waals surface area contributed by atoms with E-state index < -0.39 is 17.1 Å². The molecule has 1 saturated heterocycles. The lowest BCUT2D eigenvalue weighted by molar-refractivity contribution is -0.122. The van der Waals surface area contributed by atoms with Crippen molar-refractivity contribution in [2.75, 3.05) is 4.90 Å². The van der Waals surface area contributed by atoms with Gasteiger partial charge in [0.2, 0.25) is 11.8 Å². The summed E-state index contributed by atoms with van der Waals surface area (Å²) in [5, 5.41) is 11.2. The number of nitrogens with two attached hydrogens (primary N) is 1. The molecule has 0 bridgehead atoms. The number of imide groups is 1. The number of carbonyl (C=O) groups excluding carboxylic acids is 2. The molecule has 142 valence electrons. The second-order valence-corrected chi connectivity index (χ2v) is 8.17. The number of carbonyl (C=O) groups is 2. The number of hydrogen-bond acceptors (Lipinski definition) is 6. The quantitative estimate of drug-likeness (QED) is 0.660. The summed E-state index contributed by atoms with van der Waals surface area (Å²) in [7, 11) is 0. The SMILES string of the molecule is N#CC1=C(N)S[C@@H]2C(=O)N(c3ccc4ccccc4c3)C(=O)[C@@H]2[C@H]1c1ccco1. The molecule has 1 fully saturated rings. The lowest BCUT2D eigenvalue weighted by Gasteiger charge is -2.28. The van der Waals surface area contributed by atoms with E-state index in [1.807, 2.05) is 36.4 Å². The Morgan fingerprint density at radius 2 is 1.83 bits per heavy atom. The number of fused-ring (bicyclic) bond motifs is 2. The lowest BCUT2D eigenvalue weighted by atomic mass is 9.82. The first kappa shape index (κ1) is 17.6. The van der Waals surface area contributed by atoms with Gasteiger partial charge in [0.25, 0.3) is 0 Å². The van der Waals surface area contributed by atoms with Crippen LogP contribution in [-0.4, -0.2) is 17.1 Å². The van der Waals surface area contributed by atoms with Gasteiger partial charge in [-0.15, -0.1) is 0 Å². The van der Waals surface area contributed by atoms with Gasteiger partial charge in [-0.1, -0.05) is 42.1 Å². The molecule has 0 aliphatic carbocycles. The van der Waals surface area contributed by atoms with E-state index in [1.165, 1.54) is 11.2 Å². The molecule has 2 N–H and O–H groups in total. The fourth-order valence-corrected chi connectivity index (χ4v) is 5.32. The normalized spacial score (nSPS) is 24.1. The summed E-state index contributed by atoms with van der Waals surface area (Å²) in [6.45, 7) is 0. The zero-order valence-electron chi connectivity index (χ0n) is 15.1. The number of rotatable bonds is 2. The maximum Gasteiger partial charge on any atom is 0.248 e. The summed E-state index contributed by atoms with van der Waals surface area (Å²) in [5.41, 5.74) is 6.89. The van der Waals surface area contributed by atoms with Gasteiger partial charge in [0, 0.05) is 0 Å². The summed E-state index contributed by atoms with van der Waals surface area (Å²) >= 11 is 1.09. The predicted octanol–water partition coefficient (Wildman–Crippen LogP) is 3.52. The van der Waals surface area contributed by atoms with E-state index in [-0.39, 0.29) is 22.4 Å². The molecule has 7 heteroatoms. The molecular weight excluding hydrogens is 386 g/mol. The number of nitrogens with zero attached hydrogens (tertiary/aromatic N) is 2. The first-order valence-corrected chi connectivity index (χ1v) is 9.94. The van der Waals surface area contributed by atoms with Crippen molar-refractivity contribution in [3.63, 3.8) is 0 Å². The van der Waals surface area contributed by atoms with E-state index in [9.17, 15) is 14.9 Å². The van der Waals surface area contributed by atoms with Gasteiger partial charge in [0.1, 0.15) is 11.0 Å². The number of amides is 2. The van der Waals surface area contributed by atoms with Gasteiger partial charge in [-0.25, -0.2) is 4.90 Å². The van der Waals surface area contributed by atoms with E-state index in [0.29, 0.717) is 11.4 Å². The van der Waals surface area contributed by atoms with Crippen molar-refractivity contribution in [3.8, 4) is 6.07 Å². The summed E-state index contributed by atoms with van der Waals surface area (Å²) < 4.78 is 5.51. The average molecular weight is 401 g/mol. The molecule has 2 aromatic carbocycles. The molecule has 0 spiro atoms. The number of nitriles is 1. The Kier molecular flexibility index (Phi) is 3.96. The third kappa shape index (κ3) is 2.57. The Labute approximate surface area is 170 Å². The Morgan fingerprint density at radius 3 is 2.55 bits per heavy atom. The fourth-order valence-electron chi connectivity index (χ4n) is 4.12. The average Bonchev–Trinajstić information content (AvgIpc) is 3.34. The van der Waals surface area contributed by atoms with Gasteiger partial charge < -0.3 is 10.2 Å². The van der Waals surface area contributed by atoms with E-state index in [1.54, 1.807) is 18.2 Å². The van der Waals surface area contributed by atoms with Crippen molar-refractivity contribution in [1.82, 2.24) is 0 Å². The summed E-state index contributed by atoms with van der Waals surface area (Å²) in [5.74, 6) is -1.63. The number of benzene rings is 2. The van der Waals surface area contributed by atoms with Crippen LogP contribution >= 0.6 is 11.8 Å². The fraction of sp³-hybridized carbons (Fsp3) is 0.136. The zero-order valence-corrected chi connectivity index (χ0v) is 15.9. The van der Waals surface area contributed by atoms with Gasteiger partial charge in [0.15, 0.2) is 0 Å². The number of hydrogen-bond donors (Lipinski definition) is 1. The maximum absolute atomic E-state index is 13.4. The molecule has 0 unspecified atom stereocenters. The van der Waals surface area contributed by atoms with E-state index in [4.69, 9.17) is 10.2 Å². The summed E-state index contributed by atoms with van der Waals surface area (Å²) in [4.78, 5) is 27.9. The van der Waals surface area contributed by atoms with Gasteiger partial charge in [-0.3, -0.25) is 9.59 Å². The van der Waals surface area contributed by atoms with Crippen LogP contribution in [0.1, 0.15) is 11.7 Å². The minimum atomic E-state index is -0.743. The van der Waals surface area contributed by atoms with Crippen LogP contribution in [0.4, 0.5) is 5.69 Å². The number of thioether (sulfide) groups is 1. The largest absolute Gasteiger partial charge is 0.469 e. The van der Waals surface area contributed by atoms with Crippen LogP contribution < -0.4 is 10.6 Å². The van der Waals surface area contributed by atoms with Crippen LogP contribution in [0.5, 0.6) is 0 Å². The van der Waals surface area contributed by atoms with Crippen molar-refractivity contribution < 1.29 is 14.0 Å². The minimum Gasteiger partial charge on any atom is -0.469 e. The van der Waals surface area contributed by atoms with Crippen LogP contribution in [0, 0.1) is 17.2 Å². The van der Waals surface area contributed by atoms with Crippen LogP contribution in [0.25, 0.3) is 10.8 Å². The first-order valence-electron chi connectivity index (χ1n) is 9.06. The van der Waals surface area contributed by atoms with Gasteiger partial charge in [-0.2, -0.15) is 5.26 Å². The van der Waals surface area contributed by atoms with Crippen molar-refractivity contribution in [2.45, 2.75) is 11.2 Å². The van der Waals surface area contributed by atoms with E-state index in [2.05, 4.69) is 6.07 Å². The Bertz CT molecular complexity index is 1230. The standard InChI is InChI=1S/C22H15N3O3S/c23-11-15-17(16-6-3-9-28-16)18-19(29-20(15)24)22(27)25(21(18)26)14-8-7-12-4-1-2-5-13(12)10-14/h1-10,17-19H,24H2/t17-,18-,19+/m1/s1. The summed E-state index contributed by atoms with van der Waals surface area (Å²) in [6, 6.07) is 18.7. The molecule has 5 rings (SSSR count). The highest BCUT2D eigenvalue weighted by Gasteiger charge is 2.56. The molecule has 29 heavy (non-hydrogen) atoms. The van der Waals surface area contributed by atoms with Gasteiger partial charge in [-0.05, 0) is 35.0 Å². The minimum absolute atomic E-state index is 0.261. The van der Waals surface area contributed by atoms with E-state index >= 15 is 0 Å². The van der Waals surface area contributed by atoms with Gasteiger partial charge in [0.05, 0.1) is 40.5 Å². The second-order valence-electron chi connectivity index (χ2n) is 6.99. The summed E-state index contributed by atoms with van der Waals surface area (Å²) in [6.07, 6.45) is 1.49. The molecule has 2 aliphatic heterocycles. The topological polar surface area (TPSA) is 100 Å². The second kappa shape index (κ2) is 6.54. The van der Waals surface area contributed by atoms with Crippen LogP contribution in [0.15, 0.2) is 75.9 Å². The molecule has 2 amide bonds. The molecule has 6 nitrogen and oxygen atoms in total. The highest BCUT2D eigenvalue weighted by molar-refractivity contribution is 8.04. The van der Waals surface area contributed by atoms with Crippen LogP contribution in [0.3, 0.4) is 0 Å². The number of anilines is 1. The monoisotopic (exact) mass is 401 g/mol. The van der Waals surface area contributed by atoms with E-state index in [0.717, 1.165) is 22.5 Å². The first-order chi connectivity index (χ1) is 14.1. The van der Waals surface area contributed by atoms with Crippen LogP contribution in [0.2, 0.25) is 0 Å². The maximum atomic E-state index is 13.4. The molecule has 1 aromatic heterocycles. The van der Waals surface area contributed by atoms with Crippen molar-refractivity contribution in [2.24, 2.45) is 11.7 Å². The molecule has 3 heterocycles. The molecular formula is C22H15N3O3S. The van der Waals surface area contributed by atoms with Crippen LogP contribution in [-0.2, 0) is 9.59 Å².